The normalized spacial score (nSPS) is 18.2. The van der Waals surface area contributed by atoms with Crippen LogP contribution in [0.3, 0.4) is 0 Å². The number of imide groups is 1. The second-order valence-corrected chi connectivity index (χ2v) is 7.53. The number of methoxy groups -OCH3 is 2. The Hall–Kier alpha value is -3.73. The number of benzene rings is 2. The van der Waals surface area contributed by atoms with Crippen LogP contribution in [0, 0.1) is 0 Å². The van der Waals surface area contributed by atoms with E-state index in [9.17, 15) is 14.4 Å². The number of amides is 4. The Morgan fingerprint density at radius 1 is 1.16 bits per heavy atom. The highest BCUT2D eigenvalue weighted by Crippen LogP contribution is 2.35. The van der Waals surface area contributed by atoms with E-state index < -0.39 is 29.9 Å². The first kappa shape index (κ1) is 20.5. The summed E-state index contributed by atoms with van der Waals surface area (Å²) in [6.45, 7) is 1.13. The van der Waals surface area contributed by atoms with Crippen molar-refractivity contribution in [1.82, 2.24) is 19.0 Å². The first-order chi connectivity index (χ1) is 14.9. The SMILES string of the molecule is COc1ccc([C@@]2(C)NC(=O)N(CC(=O)Nc3cccc4nsnc34)C2=O)cc1OC. The maximum absolute atomic E-state index is 13.1. The molecule has 2 aromatic carbocycles. The van der Waals surface area contributed by atoms with E-state index in [2.05, 4.69) is 19.4 Å². The number of nitrogens with one attached hydrogen (secondary N) is 2. The number of carbonyl (C=O) groups excluding carboxylic acids is 3. The molecule has 1 aliphatic heterocycles. The lowest BCUT2D eigenvalue weighted by atomic mass is 9.91. The minimum absolute atomic E-state index is 0.421. The smallest absolute Gasteiger partial charge is 0.325 e. The number of fused-ring (bicyclic) bond motifs is 1. The van der Waals surface area contributed by atoms with E-state index in [-0.39, 0.29) is 0 Å². The van der Waals surface area contributed by atoms with Crippen molar-refractivity contribution < 1.29 is 23.9 Å². The zero-order valence-electron chi connectivity index (χ0n) is 17.0. The molecule has 1 atom stereocenters. The average molecular weight is 441 g/mol. The average Bonchev–Trinajstić information content (AvgIpc) is 3.33. The molecule has 0 bridgehead atoms. The van der Waals surface area contributed by atoms with Crippen LogP contribution in [0.2, 0.25) is 0 Å². The zero-order chi connectivity index (χ0) is 22.2. The number of aromatic nitrogens is 2. The molecule has 0 spiro atoms. The van der Waals surface area contributed by atoms with Gasteiger partial charge in [0, 0.05) is 0 Å². The molecule has 1 saturated heterocycles. The molecular formula is C20H19N5O5S. The highest BCUT2D eigenvalue weighted by molar-refractivity contribution is 7.00. The van der Waals surface area contributed by atoms with Crippen molar-refractivity contribution in [3.63, 3.8) is 0 Å². The summed E-state index contributed by atoms with van der Waals surface area (Å²) in [4.78, 5) is 39.1. The molecule has 0 aliphatic carbocycles. The van der Waals surface area contributed by atoms with Crippen molar-refractivity contribution in [3.05, 3.63) is 42.0 Å². The summed E-state index contributed by atoms with van der Waals surface area (Å²) in [7, 11) is 2.98. The number of nitrogens with zero attached hydrogens (tertiary/aromatic N) is 3. The number of carbonyl (C=O) groups is 3. The molecule has 2 heterocycles. The van der Waals surface area contributed by atoms with Crippen LogP contribution >= 0.6 is 11.7 Å². The molecule has 10 nitrogen and oxygen atoms in total. The first-order valence-corrected chi connectivity index (χ1v) is 9.98. The fourth-order valence-electron chi connectivity index (χ4n) is 3.42. The van der Waals surface area contributed by atoms with Gasteiger partial charge in [-0.3, -0.25) is 14.5 Å². The third-order valence-electron chi connectivity index (χ3n) is 5.10. The van der Waals surface area contributed by atoms with E-state index in [1.807, 2.05) is 0 Å². The van der Waals surface area contributed by atoms with Crippen LogP contribution in [-0.4, -0.2) is 52.3 Å². The number of urea groups is 1. The van der Waals surface area contributed by atoms with Gasteiger partial charge in [-0.1, -0.05) is 12.1 Å². The second-order valence-electron chi connectivity index (χ2n) is 7.00. The Balaban J connectivity index is 1.54. The van der Waals surface area contributed by atoms with Gasteiger partial charge in [-0.25, -0.2) is 4.79 Å². The molecule has 31 heavy (non-hydrogen) atoms. The number of rotatable bonds is 6. The van der Waals surface area contributed by atoms with Crippen LogP contribution in [0.25, 0.3) is 11.0 Å². The molecule has 1 fully saturated rings. The van der Waals surface area contributed by atoms with E-state index in [0.717, 1.165) is 16.6 Å². The monoisotopic (exact) mass is 441 g/mol. The molecule has 1 aromatic heterocycles. The summed E-state index contributed by atoms with van der Waals surface area (Å²) in [5.41, 5.74) is 0.818. The fraction of sp³-hybridized carbons (Fsp3) is 0.250. The zero-order valence-corrected chi connectivity index (χ0v) is 17.8. The van der Waals surface area contributed by atoms with Crippen molar-refractivity contribution in [3.8, 4) is 11.5 Å². The maximum atomic E-state index is 13.1. The number of ether oxygens (including phenoxy) is 2. The van der Waals surface area contributed by atoms with E-state index in [0.29, 0.717) is 33.8 Å². The van der Waals surface area contributed by atoms with Gasteiger partial charge in [0.05, 0.1) is 31.6 Å². The van der Waals surface area contributed by atoms with Crippen molar-refractivity contribution in [1.29, 1.82) is 0 Å². The van der Waals surface area contributed by atoms with Crippen LogP contribution in [0.1, 0.15) is 12.5 Å². The summed E-state index contributed by atoms with van der Waals surface area (Å²) >= 11 is 1.03. The highest BCUT2D eigenvalue weighted by atomic mass is 32.1. The van der Waals surface area contributed by atoms with E-state index in [4.69, 9.17) is 9.47 Å². The van der Waals surface area contributed by atoms with Gasteiger partial charge >= 0.3 is 6.03 Å². The van der Waals surface area contributed by atoms with Gasteiger partial charge in [0.15, 0.2) is 11.5 Å². The predicted octanol–water partition coefficient (Wildman–Crippen LogP) is 2.11. The van der Waals surface area contributed by atoms with Gasteiger partial charge < -0.3 is 20.1 Å². The molecule has 3 aromatic rings. The Morgan fingerprint density at radius 2 is 1.94 bits per heavy atom. The summed E-state index contributed by atoms with van der Waals surface area (Å²) in [5, 5.41) is 5.36. The third-order valence-corrected chi connectivity index (χ3v) is 5.64. The Morgan fingerprint density at radius 3 is 2.68 bits per heavy atom. The van der Waals surface area contributed by atoms with Gasteiger partial charge in [-0.15, -0.1) is 0 Å². The summed E-state index contributed by atoms with van der Waals surface area (Å²) in [6, 6.07) is 9.47. The second kappa shape index (κ2) is 7.84. The lowest BCUT2D eigenvalue weighted by molar-refractivity contribution is -0.133. The molecule has 160 valence electrons. The molecule has 1 aliphatic rings. The van der Waals surface area contributed by atoms with Crippen molar-refractivity contribution in [2.45, 2.75) is 12.5 Å². The minimum Gasteiger partial charge on any atom is -0.493 e. The van der Waals surface area contributed by atoms with Crippen molar-refractivity contribution in [2.75, 3.05) is 26.1 Å². The van der Waals surface area contributed by atoms with Crippen molar-refractivity contribution >= 4 is 46.3 Å². The number of hydrogen-bond acceptors (Lipinski definition) is 8. The minimum atomic E-state index is -1.35. The van der Waals surface area contributed by atoms with Gasteiger partial charge in [0.25, 0.3) is 5.91 Å². The predicted molar refractivity (Wildman–Crippen MR) is 113 cm³/mol. The topological polar surface area (TPSA) is 123 Å². The highest BCUT2D eigenvalue weighted by Gasteiger charge is 2.49. The molecular weight excluding hydrogens is 422 g/mol. The Bertz CT molecular complexity index is 1200. The fourth-order valence-corrected chi connectivity index (χ4v) is 3.97. The van der Waals surface area contributed by atoms with Crippen LogP contribution in [-0.2, 0) is 15.1 Å². The molecule has 0 radical (unpaired) electrons. The summed E-state index contributed by atoms with van der Waals surface area (Å²) in [6.07, 6.45) is 0. The molecule has 0 saturated carbocycles. The van der Waals surface area contributed by atoms with Gasteiger partial charge in [0.2, 0.25) is 5.91 Å². The summed E-state index contributed by atoms with van der Waals surface area (Å²) in [5.74, 6) is -0.160. The van der Waals surface area contributed by atoms with E-state index in [1.165, 1.54) is 14.2 Å². The van der Waals surface area contributed by atoms with Crippen molar-refractivity contribution in [2.24, 2.45) is 0 Å². The van der Waals surface area contributed by atoms with Crippen LogP contribution < -0.4 is 20.1 Å². The van der Waals surface area contributed by atoms with Crippen LogP contribution in [0.4, 0.5) is 10.5 Å². The van der Waals surface area contributed by atoms with Gasteiger partial charge in [-0.2, -0.15) is 8.75 Å². The summed E-state index contributed by atoms with van der Waals surface area (Å²) < 4.78 is 18.8. The lowest BCUT2D eigenvalue weighted by Crippen LogP contribution is -2.42. The largest absolute Gasteiger partial charge is 0.493 e. The first-order valence-electron chi connectivity index (χ1n) is 9.25. The van der Waals surface area contributed by atoms with Crippen LogP contribution in [0.15, 0.2) is 36.4 Å². The molecule has 4 amide bonds. The third kappa shape index (κ3) is 3.52. The Kier molecular flexibility index (Phi) is 5.19. The lowest BCUT2D eigenvalue weighted by Gasteiger charge is -2.23. The van der Waals surface area contributed by atoms with E-state index >= 15 is 0 Å². The van der Waals surface area contributed by atoms with Crippen LogP contribution in [0.5, 0.6) is 11.5 Å². The molecule has 0 unspecified atom stereocenters. The standard InChI is InChI=1S/C20H19N5O5S/c1-20(11-7-8-14(29-2)15(9-11)30-3)18(27)25(19(28)22-20)10-16(26)21-12-5-4-6-13-17(12)24-31-23-13/h4-9H,10H2,1-3H3,(H,21,26)(H,22,28)/t20-/m1/s1. The van der Waals surface area contributed by atoms with Gasteiger partial charge in [0.1, 0.15) is 23.1 Å². The number of hydrogen-bond donors (Lipinski definition) is 2. The van der Waals surface area contributed by atoms with E-state index in [1.54, 1.807) is 43.3 Å². The Labute approximate surface area is 181 Å². The maximum Gasteiger partial charge on any atom is 0.325 e. The number of anilines is 1. The quantitative estimate of drug-likeness (QED) is 0.562. The molecule has 4 rings (SSSR count). The molecule has 2 N–H and O–H groups in total. The van der Waals surface area contributed by atoms with Gasteiger partial charge in [-0.05, 0) is 36.8 Å². The molecule has 11 heteroatoms.